The first-order valence-corrected chi connectivity index (χ1v) is 10.5. The van der Waals surface area contributed by atoms with E-state index in [0.29, 0.717) is 36.6 Å². The van der Waals surface area contributed by atoms with Crippen molar-refractivity contribution >= 4 is 17.1 Å². The number of hydrogen-bond acceptors (Lipinski definition) is 4. The molecule has 154 valence electrons. The monoisotopic (exact) mass is 411 g/mol. The summed E-state index contributed by atoms with van der Waals surface area (Å²) in [4.78, 5) is 36.5. The van der Waals surface area contributed by atoms with Gasteiger partial charge in [-0.05, 0) is 36.6 Å². The highest BCUT2D eigenvalue weighted by Gasteiger charge is 2.36. The molecule has 6 rings (SSSR count). The summed E-state index contributed by atoms with van der Waals surface area (Å²) in [7, 11) is 0. The number of hydrogen-bond donors (Lipinski definition) is 0. The Morgan fingerprint density at radius 3 is 2.71 bits per heavy atom. The van der Waals surface area contributed by atoms with Crippen molar-refractivity contribution in [2.24, 2.45) is 5.92 Å². The quantitative estimate of drug-likeness (QED) is 0.509. The van der Waals surface area contributed by atoms with Crippen LogP contribution in [0.25, 0.3) is 16.9 Å². The lowest BCUT2D eigenvalue weighted by molar-refractivity contribution is 0.0594. The van der Waals surface area contributed by atoms with Gasteiger partial charge in [0.05, 0.1) is 5.56 Å². The van der Waals surface area contributed by atoms with Crippen LogP contribution in [0, 0.1) is 5.92 Å². The number of amides is 1. The summed E-state index contributed by atoms with van der Waals surface area (Å²) in [5, 5.41) is 0. The van der Waals surface area contributed by atoms with E-state index in [1.165, 1.54) is 0 Å². The molecule has 0 spiro atoms. The van der Waals surface area contributed by atoms with Gasteiger partial charge in [0.15, 0.2) is 5.65 Å². The molecule has 0 radical (unpaired) electrons. The fraction of sp³-hybridized carbons (Fsp3) is 0.250. The molecule has 4 aromatic rings. The second-order valence-corrected chi connectivity index (χ2v) is 8.43. The van der Waals surface area contributed by atoms with Crippen molar-refractivity contribution in [1.29, 1.82) is 0 Å². The van der Waals surface area contributed by atoms with Crippen LogP contribution in [0.4, 0.5) is 0 Å². The second kappa shape index (κ2) is 6.91. The van der Waals surface area contributed by atoms with Crippen LogP contribution < -0.4 is 5.56 Å². The number of carbonyl (C=O) groups excluding carboxylic acids is 1. The summed E-state index contributed by atoms with van der Waals surface area (Å²) in [6, 6.07) is 17.2. The van der Waals surface area contributed by atoms with Crippen LogP contribution in [-0.2, 0) is 6.54 Å². The molecule has 2 atom stereocenters. The first-order valence-electron chi connectivity index (χ1n) is 10.5. The van der Waals surface area contributed by atoms with Crippen molar-refractivity contribution in [1.82, 2.24) is 24.0 Å². The Balaban J connectivity index is 1.30. The van der Waals surface area contributed by atoms with Crippen LogP contribution in [0.1, 0.15) is 28.4 Å². The zero-order valence-electron chi connectivity index (χ0n) is 16.9. The minimum atomic E-state index is -0.0231. The molecule has 5 heterocycles. The van der Waals surface area contributed by atoms with E-state index in [4.69, 9.17) is 0 Å². The van der Waals surface area contributed by atoms with Gasteiger partial charge >= 0.3 is 0 Å². The van der Waals surface area contributed by atoms with Gasteiger partial charge in [-0.3, -0.25) is 14.2 Å². The molecular weight excluding hydrogens is 390 g/mol. The predicted molar refractivity (Wildman–Crippen MR) is 116 cm³/mol. The van der Waals surface area contributed by atoms with Crippen LogP contribution in [-0.4, -0.2) is 43.0 Å². The summed E-state index contributed by atoms with van der Waals surface area (Å²) in [5.41, 5.74) is 4.05. The Morgan fingerprint density at radius 1 is 0.968 bits per heavy atom. The molecule has 2 aliphatic rings. The topological polar surface area (TPSA) is 73.0 Å². The lowest BCUT2D eigenvalue weighted by atomic mass is 9.83. The number of imidazole rings is 1. The normalized spacial score (nSPS) is 19.9. The number of para-hydroxylation sites is 1. The lowest BCUT2D eigenvalue weighted by Crippen LogP contribution is -2.49. The van der Waals surface area contributed by atoms with E-state index >= 15 is 0 Å². The van der Waals surface area contributed by atoms with Gasteiger partial charge in [-0.15, -0.1) is 0 Å². The van der Waals surface area contributed by atoms with Gasteiger partial charge in [-0.25, -0.2) is 9.97 Å². The van der Waals surface area contributed by atoms with Crippen LogP contribution in [0.2, 0.25) is 0 Å². The van der Waals surface area contributed by atoms with E-state index in [0.717, 1.165) is 23.4 Å². The lowest BCUT2D eigenvalue weighted by Gasteiger charge is -2.42. The van der Waals surface area contributed by atoms with Gasteiger partial charge in [-0.2, -0.15) is 0 Å². The van der Waals surface area contributed by atoms with Crippen molar-refractivity contribution in [2.75, 3.05) is 13.1 Å². The summed E-state index contributed by atoms with van der Waals surface area (Å²) >= 11 is 0. The van der Waals surface area contributed by atoms with Crippen molar-refractivity contribution in [3.05, 3.63) is 88.7 Å². The van der Waals surface area contributed by atoms with E-state index in [9.17, 15) is 9.59 Å². The predicted octanol–water partition coefficient (Wildman–Crippen LogP) is 2.84. The van der Waals surface area contributed by atoms with Crippen molar-refractivity contribution in [3.63, 3.8) is 0 Å². The zero-order valence-corrected chi connectivity index (χ0v) is 16.9. The first kappa shape index (κ1) is 18.1. The smallest absolute Gasteiger partial charge is 0.255 e. The van der Waals surface area contributed by atoms with Gasteiger partial charge < -0.3 is 9.47 Å². The number of piperidine rings is 1. The maximum atomic E-state index is 13.3. The fourth-order valence-corrected chi connectivity index (χ4v) is 5.04. The van der Waals surface area contributed by atoms with E-state index < -0.39 is 0 Å². The molecule has 31 heavy (non-hydrogen) atoms. The molecule has 0 saturated carbocycles. The number of likely N-dealkylation sites (tertiary alicyclic amines) is 1. The summed E-state index contributed by atoms with van der Waals surface area (Å²) in [5.74, 6) is 0.466. The maximum absolute atomic E-state index is 13.3. The third-order valence-electron chi connectivity index (χ3n) is 6.44. The third-order valence-corrected chi connectivity index (χ3v) is 6.44. The molecule has 1 aromatic carbocycles. The number of aromatic nitrogens is 4. The second-order valence-electron chi connectivity index (χ2n) is 8.43. The highest BCUT2D eigenvalue weighted by atomic mass is 16.2. The zero-order chi connectivity index (χ0) is 20.9. The molecule has 0 aliphatic carbocycles. The first-order chi connectivity index (χ1) is 15.2. The third kappa shape index (κ3) is 2.96. The Kier molecular flexibility index (Phi) is 4.02. The number of pyridine rings is 2. The van der Waals surface area contributed by atoms with Crippen molar-refractivity contribution < 1.29 is 4.79 Å². The van der Waals surface area contributed by atoms with Crippen molar-refractivity contribution in [3.8, 4) is 5.69 Å². The number of nitrogens with zero attached hydrogens (tertiary/aromatic N) is 5. The SMILES string of the molecule is O=C(c1cnc2c(c1)ncn2-c1ccccc1)N1C[C@@H]2C[C@H](C1)c1cccc(=O)n1C2. The highest BCUT2D eigenvalue weighted by Crippen LogP contribution is 2.35. The number of fused-ring (bicyclic) bond motifs is 5. The Labute approximate surface area is 178 Å². The molecule has 2 bridgehead atoms. The van der Waals surface area contributed by atoms with Crippen LogP contribution >= 0.6 is 0 Å². The highest BCUT2D eigenvalue weighted by molar-refractivity contribution is 5.96. The molecule has 7 heteroatoms. The van der Waals surface area contributed by atoms with E-state index in [-0.39, 0.29) is 17.4 Å². The molecule has 7 nitrogen and oxygen atoms in total. The molecule has 1 saturated heterocycles. The van der Waals surface area contributed by atoms with Gasteiger partial charge in [0.25, 0.3) is 11.5 Å². The molecular formula is C24H21N5O2. The Bertz CT molecular complexity index is 1360. The van der Waals surface area contributed by atoms with Crippen LogP contribution in [0.3, 0.4) is 0 Å². The van der Waals surface area contributed by atoms with Crippen LogP contribution in [0.15, 0.2) is 71.9 Å². The minimum absolute atomic E-state index is 0.0231. The summed E-state index contributed by atoms with van der Waals surface area (Å²) in [6.07, 6.45) is 4.40. The molecule has 0 unspecified atom stereocenters. The van der Waals surface area contributed by atoms with Crippen LogP contribution in [0.5, 0.6) is 0 Å². The van der Waals surface area contributed by atoms with Gasteiger partial charge in [0.1, 0.15) is 11.8 Å². The van der Waals surface area contributed by atoms with E-state index in [1.807, 2.05) is 62.6 Å². The molecule has 2 aliphatic heterocycles. The number of benzene rings is 1. The Morgan fingerprint density at radius 2 is 1.84 bits per heavy atom. The summed E-state index contributed by atoms with van der Waals surface area (Å²) in [6.45, 7) is 1.95. The minimum Gasteiger partial charge on any atom is -0.338 e. The molecule has 0 N–H and O–H groups in total. The van der Waals surface area contributed by atoms with E-state index in [1.54, 1.807) is 18.6 Å². The van der Waals surface area contributed by atoms with Gasteiger partial charge in [0.2, 0.25) is 0 Å². The maximum Gasteiger partial charge on any atom is 0.255 e. The number of rotatable bonds is 2. The molecule has 3 aromatic heterocycles. The molecule has 1 amide bonds. The Hall–Kier alpha value is -3.74. The fourth-order valence-electron chi connectivity index (χ4n) is 5.04. The van der Waals surface area contributed by atoms with Crippen molar-refractivity contribution in [2.45, 2.75) is 18.9 Å². The van der Waals surface area contributed by atoms with Gasteiger partial charge in [0, 0.05) is 49.2 Å². The largest absolute Gasteiger partial charge is 0.338 e. The summed E-state index contributed by atoms with van der Waals surface area (Å²) < 4.78 is 3.80. The standard InChI is InChI=1S/C24H21N5O2/c30-22-8-4-7-21-18-9-16(13-28(21)22)12-27(14-18)24(31)17-10-20-23(25-11-17)29(15-26-20)19-5-2-1-3-6-19/h1-8,10-11,15-16,18H,9,12-14H2/t16-,18+/m0/s1. The number of carbonyl (C=O) groups is 1. The van der Waals surface area contributed by atoms with Gasteiger partial charge in [-0.1, -0.05) is 24.3 Å². The molecule has 1 fully saturated rings. The average Bonchev–Trinajstić information content (AvgIpc) is 3.23. The average molecular weight is 411 g/mol. The van der Waals surface area contributed by atoms with E-state index in [2.05, 4.69) is 9.97 Å².